The van der Waals surface area contributed by atoms with Gasteiger partial charge in [0.05, 0.1) is 19.8 Å². The van der Waals surface area contributed by atoms with Crippen LogP contribution in [0.1, 0.15) is 52.4 Å². The van der Waals surface area contributed by atoms with Gasteiger partial charge in [-0.2, -0.15) is 0 Å². The summed E-state index contributed by atoms with van der Waals surface area (Å²) in [6.07, 6.45) is 4.11. The molecule has 0 aromatic carbocycles. The fourth-order valence-corrected chi connectivity index (χ4v) is 2.87. The molecule has 0 atom stereocenters. The van der Waals surface area contributed by atoms with E-state index >= 15 is 0 Å². The first-order valence-electron chi connectivity index (χ1n) is 9.25. The number of hydrogen-bond acceptors (Lipinski definition) is 5. The summed E-state index contributed by atoms with van der Waals surface area (Å²) in [7, 11) is 0. The summed E-state index contributed by atoms with van der Waals surface area (Å²) in [5, 5.41) is 5.74. The third kappa shape index (κ3) is 10.2. The number of nitrogens with one attached hydrogen (secondary N) is 2. The van der Waals surface area contributed by atoms with Crippen molar-refractivity contribution in [1.82, 2.24) is 10.6 Å². The van der Waals surface area contributed by atoms with Crippen LogP contribution in [-0.2, 0) is 23.9 Å². The van der Waals surface area contributed by atoms with Crippen LogP contribution in [0.5, 0.6) is 0 Å². The van der Waals surface area contributed by atoms with Gasteiger partial charge in [-0.05, 0) is 39.5 Å². The molecule has 144 valence electrons. The second-order valence-electron chi connectivity index (χ2n) is 6.39. The summed E-state index contributed by atoms with van der Waals surface area (Å²) in [5.74, 6) is 0.339. The number of hydrogen-bond donors (Lipinski definition) is 2. The number of Topliss-reactive ketones (excluding diaryl/α,β-unsaturated/α-hetero) is 1. The molecule has 0 radical (unpaired) electrons. The van der Waals surface area contributed by atoms with E-state index in [9.17, 15) is 14.4 Å². The number of rotatable bonds is 12. The van der Waals surface area contributed by atoms with Crippen LogP contribution in [0.4, 0.5) is 0 Å². The monoisotopic (exact) mass is 356 g/mol. The standard InChI is InChI=1S/C18H32N2O5/c1-3-24-11-8-17(22)19-10-13-25-12-9-18(23)20-16-6-4-15(5-7-16)14(2)21/h15-16H,3-13H2,1-2H3,(H,19,22)(H,20,23)/t15-,16+. The lowest BCUT2D eigenvalue weighted by molar-refractivity contribution is -0.124. The van der Waals surface area contributed by atoms with E-state index in [1.54, 1.807) is 6.92 Å². The Labute approximate surface area is 150 Å². The molecule has 0 saturated heterocycles. The molecule has 25 heavy (non-hydrogen) atoms. The maximum absolute atomic E-state index is 11.9. The Bertz CT molecular complexity index is 420. The lowest BCUT2D eigenvalue weighted by Gasteiger charge is -2.27. The Kier molecular flexibility index (Phi) is 11.1. The Morgan fingerprint density at radius 2 is 1.56 bits per heavy atom. The molecule has 1 aliphatic carbocycles. The van der Waals surface area contributed by atoms with Crippen molar-refractivity contribution in [3.05, 3.63) is 0 Å². The molecular weight excluding hydrogens is 324 g/mol. The van der Waals surface area contributed by atoms with Crippen molar-refractivity contribution in [3.63, 3.8) is 0 Å². The number of ether oxygens (including phenoxy) is 2. The highest BCUT2D eigenvalue weighted by molar-refractivity contribution is 5.78. The first kappa shape index (κ1) is 21.6. The SMILES string of the molecule is CCOCCC(=O)NCCOCCC(=O)N[C@H]1CC[C@@H](C(C)=O)CC1. The molecule has 0 aromatic rings. The molecular formula is C18H32N2O5. The Hall–Kier alpha value is -1.47. The van der Waals surface area contributed by atoms with E-state index in [1.165, 1.54) is 0 Å². The second kappa shape index (κ2) is 12.8. The van der Waals surface area contributed by atoms with Crippen molar-refractivity contribution in [1.29, 1.82) is 0 Å². The zero-order valence-electron chi connectivity index (χ0n) is 15.5. The summed E-state index contributed by atoms with van der Waals surface area (Å²) in [6.45, 7) is 5.72. The van der Waals surface area contributed by atoms with Crippen LogP contribution in [0.25, 0.3) is 0 Å². The average Bonchev–Trinajstić information content (AvgIpc) is 2.58. The molecule has 1 aliphatic rings. The van der Waals surface area contributed by atoms with E-state index in [0.717, 1.165) is 25.7 Å². The minimum atomic E-state index is -0.0593. The minimum absolute atomic E-state index is 0.0213. The molecule has 0 unspecified atom stereocenters. The summed E-state index contributed by atoms with van der Waals surface area (Å²) >= 11 is 0. The normalized spacial score (nSPS) is 20.1. The van der Waals surface area contributed by atoms with E-state index < -0.39 is 0 Å². The minimum Gasteiger partial charge on any atom is -0.381 e. The van der Waals surface area contributed by atoms with Crippen LogP contribution in [-0.4, -0.2) is 56.6 Å². The van der Waals surface area contributed by atoms with E-state index in [4.69, 9.17) is 9.47 Å². The summed E-state index contributed by atoms with van der Waals surface area (Å²) in [6, 6.07) is 0.174. The maximum Gasteiger partial charge on any atom is 0.222 e. The third-order valence-electron chi connectivity index (χ3n) is 4.39. The van der Waals surface area contributed by atoms with Crippen molar-refractivity contribution in [2.24, 2.45) is 5.92 Å². The van der Waals surface area contributed by atoms with Gasteiger partial charge in [-0.1, -0.05) is 0 Å². The molecule has 7 heteroatoms. The number of carbonyl (C=O) groups excluding carboxylic acids is 3. The van der Waals surface area contributed by atoms with Gasteiger partial charge >= 0.3 is 0 Å². The third-order valence-corrected chi connectivity index (χ3v) is 4.39. The molecule has 7 nitrogen and oxygen atoms in total. The lowest BCUT2D eigenvalue weighted by atomic mass is 9.84. The summed E-state index contributed by atoms with van der Waals surface area (Å²) in [4.78, 5) is 34.6. The van der Waals surface area contributed by atoms with Crippen LogP contribution in [0, 0.1) is 5.92 Å². The van der Waals surface area contributed by atoms with Crippen molar-refractivity contribution < 1.29 is 23.9 Å². The zero-order chi connectivity index (χ0) is 18.5. The second-order valence-corrected chi connectivity index (χ2v) is 6.39. The summed E-state index contributed by atoms with van der Waals surface area (Å²) in [5.41, 5.74) is 0. The molecule has 1 saturated carbocycles. The predicted molar refractivity (Wildman–Crippen MR) is 94.1 cm³/mol. The predicted octanol–water partition coefficient (Wildman–Crippen LogP) is 1.20. The van der Waals surface area contributed by atoms with Crippen LogP contribution in [0.15, 0.2) is 0 Å². The van der Waals surface area contributed by atoms with Crippen LogP contribution >= 0.6 is 0 Å². The van der Waals surface area contributed by atoms with Gasteiger partial charge in [-0.3, -0.25) is 14.4 Å². The maximum atomic E-state index is 11.9. The van der Waals surface area contributed by atoms with E-state index in [-0.39, 0.29) is 29.6 Å². The van der Waals surface area contributed by atoms with Crippen LogP contribution in [0.3, 0.4) is 0 Å². The smallest absolute Gasteiger partial charge is 0.222 e. The summed E-state index contributed by atoms with van der Waals surface area (Å²) < 4.78 is 10.5. The van der Waals surface area contributed by atoms with Gasteiger partial charge in [-0.15, -0.1) is 0 Å². The molecule has 0 heterocycles. The number of amides is 2. The Morgan fingerprint density at radius 3 is 2.20 bits per heavy atom. The topological polar surface area (TPSA) is 93.7 Å². The quantitative estimate of drug-likeness (QED) is 0.513. The lowest BCUT2D eigenvalue weighted by Crippen LogP contribution is -2.38. The van der Waals surface area contributed by atoms with Crippen LogP contribution in [0.2, 0.25) is 0 Å². The molecule has 1 rings (SSSR count). The van der Waals surface area contributed by atoms with Gasteiger partial charge in [0.15, 0.2) is 0 Å². The first-order valence-corrected chi connectivity index (χ1v) is 9.25. The van der Waals surface area contributed by atoms with Crippen molar-refractivity contribution >= 4 is 17.6 Å². The van der Waals surface area contributed by atoms with Crippen molar-refractivity contribution in [3.8, 4) is 0 Å². The highest BCUT2D eigenvalue weighted by Crippen LogP contribution is 2.24. The number of carbonyl (C=O) groups is 3. The van der Waals surface area contributed by atoms with Gasteiger partial charge in [0.2, 0.25) is 11.8 Å². The van der Waals surface area contributed by atoms with E-state index in [2.05, 4.69) is 10.6 Å². The van der Waals surface area contributed by atoms with Crippen molar-refractivity contribution in [2.75, 3.05) is 33.0 Å². The highest BCUT2D eigenvalue weighted by Gasteiger charge is 2.24. The number of ketones is 1. The molecule has 1 fully saturated rings. The van der Waals surface area contributed by atoms with Gasteiger partial charge in [0.1, 0.15) is 5.78 Å². The molecule has 0 aromatic heterocycles. The highest BCUT2D eigenvalue weighted by atomic mass is 16.5. The molecule has 2 N–H and O–H groups in total. The van der Waals surface area contributed by atoms with Gasteiger partial charge in [0.25, 0.3) is 0 Å². The molecule has 0 spiro atoms. The van der Waals surface area contributed by atoms with Crippen molar-refractivity contribution in [2.45, 2.75) is 58.4 Å². The average molecular weight is 356 g/mol. The van der Waals surface area contributed by atoms with Gasteiger partial charge < -0.3 is 20.1 Å². The Morgan fingerprint density at radius 1 is 0.920 bits per heavy atom. The molecule has 2 amide bonds. The largest absolute Gasteiger partial charge is 0.381 e. The molecule has 0 aliphatic heterocycles. The fourth-order valence-electron chi connectivity index (χ4n) is 2.87. The van der Waals surface area contributed by atoms with Gasteiger partial charge in [0, 0.05) is 38.0 Å². The Balaban J connectivity index is 1.97. The van der Waals surface area contributed by atoms with Crippen LogP contribution < -0.4 is 10.6 Å². The molecule has 0 bridgehead atoms. The van der Waals surface area contributed by atoms with Gasteiger partial charge in [-0.25, -0.2) is 0 Å². The van der Waals surface area contributed by atoms with E-state index in [1.807, 2.05) is 6.92 Å². The zero-order valence-corrected chi connectivity index (χ0v) is 15.5. The van der Waals surface area contributed by atoms with E-state index in [0.29, 0.717) is 45.8 Å². The fraction of sp³-hybridized carbons (Fsp3) is 0.833. The first-order chi connectivity index (χ1) is 12.0.